The van der Waals surface area contributed by atoms with Crippen molar-refractivity contribution in [3.05, 3.63) is 47.0 Å². The molecule has 3 N–H and O–H groups in total. The van der Waals surface area contributed by atoms with Gasteiger partial charge in [-0.05, 0) is 19.1 Å². The zero-order valence-electron chi connectivity index (χ0n) is 13.5. The van der Waals surface area contributed by atoms with E-state index in [1.54, 1.807) is 10.9 Å². The van der Waals surface area contributed by atoms with Crippen LogP contribution in [0.2, 0.25) is 0 Å². The molecule has 2 aromatic rings. The molecule has 0 bridgehead atoms. The number of carboxylic acid groups (broad SMARTS) is 1. The summed E-state index contributed by atoms with van der Waals surface area (Å²) in [4.78, 5) is 15.8. The zero-order valence-corrected chi connectivity index (χ0v) is 14.3. The molecule has 130 valence electrons. The van der Waals surface area contributed by atoms with Crippen molar-refractivity contribution in [2.24, 2.45) is 0 Å². The van der Waals surface area contributed by atoms with Crippen LogP contribution in [0, 0.1) is 0 Å². The summed E-state index contributed by atoms with van der Waals surface area (Å²) < 4.78 is 1.61. The summed E-state index contributed by atoms with van der Waals surface area (Å²) in [6.07, 6.45) is 2.53. The molecule has 8 heteroatoms. The number of carboxylic acids is 1. The van der Waals surface area contributed by atoms with Gasteiger partial charge in [-0.15, -0.1) is 12.4 Å². The van der Waals surface area contributed by atoms with E-state index in [1.165, 1.54) is 0 Å². The van der Waals surface area contributed by atoms with E-state index in [0.29, 0.717) is 37.9 Å². The van der Waals surface area contributed by atoms with Crippen LogP contribution in [-0.4, -0.2) is 38.4 Å². The van der Waals surface area contributed by atoms with Crippen molar-refractivity contribution >= 4 is 18.4 Å². The van der Waals surface area contributed by atoms with Gasteiger partial charge in [-0.1, -0.05) is 6.07 Å². The van der Waals surface area contributed by atoms with Gasteiger partial charge in [0.1, 0.15) is 0 Å². The van der Waals surface area contributed by atoms with Crippen LogP contribution in [0.25, 0.3) is 0 Å². The molecule has 0 radical (unpaired) electrons. The Morgan fingerprint density at radius 1 is 1.50 bits per heavy atom. The monoisotopic (exact) mass is 351 g/mol. The average molecular weight is 352 g/mol. The van der Waals surface area contributed by atoms with Crippen molar-refractivity contribution in [3.63, 3.8) is 0 Å². The van der Waals surface area contributed by atoms with Gasteiger partial charge >= 0.3 is 5.97 Å². The highest BCUT2D eigenvalue weighted by atomic mass is 35.5. The molecule has 0 saturated carbocycles. The Balaban J connectivity index is 0.00000208. The van der Waals surface area contributed by atoms with Crippen LogP contribution in [0.5, 0.6) is 0 Å². The van der Waals surface area contributed by atoms with Crippen LogP contribution in [0.3, 0.4) is 0 Å². The molecule has 2 aromatic heterocycles. The first kappa shape index (κ1) is 18.4. The zero-order chi connectivity index (χ0) is 16.2. The average Bonchev–Trinajstić information content (AvgIpc) is 2.90. The second kappa shape index (κ2) is 8.23. The first-order chi connectivity index (χ1) is 11.1. The van der Waals surface area contributed by atoms with E-state index in [1.807, 2.05) is 18.2 Å². The van der Waals surface area contributed by atoms with Gasteiger partial charge in [0.15, 0.2) is 5.69 Å². The van der Waals surface area contributed by atoms with E-state index in [9.17, 15) is 9.90 Å². The Bertz CT molecular complexity index is 689. The van der Waals surface area contributed by atoms with Gasteiger partial charge in [0.05, 0.1) is 17.9 Å². The molecule has 0 aliphatic carbocycles. The SMILES string of the molecule is C[C@@H]1Cc2nn(CCNCc3ccccn3)c(C(=O)O)c2CN1.Cl. The normalized spacial score (nSPS) is 16.3. The van der Waals surface area contributed by atoms with Gasteiger partial charge in [0.25, 0.3) is 0 Å². The molecule has 0 saturated heterocycles. The lowest BCUT2D eigenvalue weighted by Gasteiger charge is -2.18. The van der Waals surface area contributed by atoms with Crippen LogP contribution in [0.1, 0.15) is 34.4 Å². The molecule has 0 aromatic carbocycles. The first-order valence-electron chi connectivity index (χ1n) is 7.81. The number of rotatable bonds is 6. The van der Waals surface area contributed by atoms with Gasteiger partial charge in [-0.2, -0.15) is 5.10 Å². The standard InChI is InChI=1S/C16H21N5O2.ClH/c1-11-8-14-13(10-19-11)15(16(22)23)21(20-14)7-6-17-9-12-4-2-3-5-18-12;/h2-5,11,17,19H,6-10H2,1H3,(H,22,23);1H/t11-;/m1./s1. The van der Waals surface area contributed by atoms with E-state index < -0.39 is 5.97 Å². The van der Waals surface area contributed by atoms with Crippen molar-refractivity contribution < 1.29 is 9.90 Å². The summed E-state index contributed by atoms with van der Waals surface area (Å²) in [6, 6.07) is 6.11. The van der Waals surface area contributed by atoms with Crippen LogP contribution in [0.15, 0.2) is 24.4 Å². The van der Waals surface area contributed by atoms with Crippen molar-refractivity contribution in [1.29, 1.82) is 0 Å². The number of aromatic carboxylic acids is 1. The van der Waals surface area contributed by atoms with Gasteiger partial charge < -0.3 is 15.7 Å². The quantitative estimate of drug-likeness (QED) is 0.678. The molecule has 24 heavy (non-hydrogen) atoms. The number of hydrogen-bond donors (Lipinski definition) is 3. The maximum Gasteiger partial charge on any atom is 0.354 e. The minimum absolute atomic E-state index is 0. The van der Waals surface area contributed by atoms with Gasteiger partial charge in [0.2, 0.25) is 0 Å². The molecule has 0 fully saturated rings. The smallest absolute Gasteiger partial charge is 0.354 e. The fourth-order valence-electron chi connectivity index (χ4n) is 2.84. The number of nitrogens with one attached hydrogen (secondary N) is 2. The minimum atomic E-state index is -0.917. The Morgan fingerprint density at radius 3 is 3.04 bits per heavy atom. The fourth-order valence-corrected chi connectivity index (χ4v) is 2.84. The lowest BCUT2D eigenvalue weighted by atomic mass is 10.0. The van der Waals surface area contributed by atoms with Crippen molar-refractivity contribution in [3.8, 4) is 0 Å². The largest absolute Gasteiger partial charge is 0.477 e. The first-order valence-corrected chi connectivity index (χ1v) is 7.81. The molecule has 1 aliphatic rings. The molecule has 3 rings (SSSR count). The topological polar surface area (TPSA) is 92.1 Å². The molecule has 1 atom stereocenters. The summed E-state index contributed by atoms with van der Waals surface area (Å²) in [5.41, 5.74) is 2.99. The number of aromatic nitrogens is 3. The van der Waals surface area contributed by atoms with Crippen molar-refractivity contribution in [2.75, 3.05) is 6.54 Å². The Kier molecular flexibility index (Phi) is 6.30. The second-order valence-electron chi connectivity index (χ2n) is 5.79. The lowest BCUT2D eigenvalue weighted by Crippen LogP contribution is -2.33. The minimum Gasteiger partial charge on any atom is -0.477 e. The van der Waals surface area contributed by atoms with Gasteiger partial charge in [-0.25, -0.2) is 4.79 Å². The van der Waals surface area contributed by atoms with E-state index >= 15 is 0 Å². The molecule has 0 amide bonds. The predicted molar refractivity (Wildman–Crippen MR) is 92.4 cm³/mol. The van der Waals surface area contributed by atoms with Gasteiger partial charge in [-0.3, -0.25) is 9.67 Å². The maximum absolute atomic E-state index is 11.6. The molecule has 3 heterocycles. The highest BCUT2D eigenvalue weighted by molar-refractivity contribution is 5.87. The highest BCUT2D eigenvalue weighted by Gasteiger charge is 2.26. The lowest BCUT2D eigenvalue weighted by molar-refractivity contribution is 0.0681. The van der Waals surface area contributed by atoms with Crippen LogP contribution in [0.4, 0.5) is 0 Å². The van der Waals surface area contributed by atoms with Crippen LogP contribution < -0.4 is 10.6 Å². The Labute approximate surface area is 146 Å². The summed E-state index contributed by atoms with van der Waals surface area (Å²) in [7, 11) is 0. The number of hydrogen-bond acceptors (Lipinski definition) is 5. The summed E-state index contributed by atoms with van der Waals surface area (Å²) in [5, 5.41) is 20.6. The van der Waals surface area contributed by atoms with E-state index in [4.69, 9.17) is 0 Å². The predicted octanol–water partition coefficient (Wildman–Crippen LogP) is 1.22. The van der Waals surface area contributed by atoms with Crippen LogP contribution >= 0.6 is 12.4 Å². The number of fused-ring (bicyclic) bond motifs is 1. The van der Waals surface area contributed by atoms with E-state index in [-0.39, 0.29) is 12.4 Å². The third kappa shape index (κ3) is 4.11. The van der Waals surface area contributed by atoms with E-state index in [2.05, 4.69) is 27.6 Å². The summed E-state index contributed by atoms with van der Waals surface area (Å²) in [5.74, 6) is -0.917. The molecule has 1 aliphatic heterocycles. The highest BCUT2D eigenvalue weighted by Crippen LogP contribution is 2.20. The molecular weight excluding hydrogens is 330 g/mol. The fraction of sp³-hybridized carbons (Fsp3) is 0.438. The number of carbonyl (C=O) groups is 1. The number of halogens is 1. The van der Waals surface area contributed by atoms with Gasteiger partial charge in [0, 0.05) is 43.9 Å². The Hall–Kier alpha value is -1.96. The second-order valence-corrected chi connectivity index (χ2v) is 5.79. The Morgan fingerprint density at radius 2 is 2.33 bits per heavy atom. The third-order valence-electron chi connectivity index (χ3n) is 4.00. The maximum atomic E-state index is 11.6. The van der Waals surface area contributed by atoms with Crippen molar-refractivity contribution in [2.45, 2.75) is 39.0 Å². The molecule has 7 nitrogen and oxygen atoms in total. The number of pyridine rings is 1. The summed E-state index contributed by atoms with van der Waals surface area (Å²) in [6.45, 7) is 4.47. The molecular formula is C16H22ClN5O2. The molecule has 0 unspecified atom stereocenters. The number of nitrogens with zero attached hydrogens (tertiary/aromatic N) is 3. The van der Waals surface area contributed by atoms with Crippen molar-refractivity contribution in [1.82, 2.24) is 25.4 Å². The summed E-state index contributed by atoms with van der Waals surface area (Å²) >= 11 is 0. The molecule has 0 spiro atoms. The third-order valence-corrected chi connectivity index (χ3v) is 4.00. The van der Waals surface area contributed by atoms with Crippen LogP contribution in [-0.2, 0) is 26.1 Å². The van der Waals surface area contributed by atoms with E-state index in [0.717, 1.165) is 23.4 Å².